The zero-order valence-corrected chi connectivity index (χ0v) is 19.4. The van der Waals surface area contributed by atoms with E-state index in [2.05, 4.69) is 32.2 Å². The van der Waals surface area contributed by atoms with Crippen molar-refractivity contribution in [3.8, 4) is 11.6 Å². The first-order valence-corrected chi connectivity index (χ1v) is 11.3. The van der Waals surface area contributed by atoms with E-state index < -0.39 is 0 Å². The normalized spacial score (nSPS) is 22.7. The summed E-state index contributed by atoms with van der Waals surface area (Å²) in [6.07, 6.45) is 3.91. The molecule has 3 aromatic rings. The highest BCUT2D eigenvalue weighted by Crippen LogP contribution is 2.59. The van der Waals surface area contributed by atoms with Gasteiger partial charge in [-0.1, -0.05) is 35.5 Å². The molecule has 0 amide bonds. The van der Waals surface area contributed by atoms with Crippen LogP contribution in [0.1, 0.15) is 24.1 Å². The number of hydrogen-bond acceptors (Lipinski definition) is 6. The van der Waals surface area contributed by atoms with E-state index in [4.69, 9.17) is 16.0 Å². The fourth-order valence-electron chi connectivity index (χ4n) is 4.59. The van der Waals surface area contributed by atoms with Crippen LogP contribution in [0.3, 0.4) is 0 Å². The molecular weight excluding hydrogens is 441 g/mol. The summed E-state index contributed by atoms with van der Waals surface area (Å²) in [4.78, 5) is 6.75. The Hall–Kier alpha value is -1.54. The van der Waals surface area contributed by atoms with Gasteiger partial charge in [0.05, 0.1) is 5.69 Å². The molecule has 0 spiro atoms. The van der Waals surface area contributed by atoms with Crippen LogP contribution in [0.15, 0.2) is 40.2 Å². The van der Waals surface area contributed by atoms with E-state index in [-0.39, 0.29) is 12.4 Å². The largest absolute Gasteiger partial charge is 0.440 e. The van der Waals surface area contributed by atoms with E-state index in [0.717, 1.165) is 46.3 Å². The van der Waals surface area contributed by atoms with Gasteiger partial charge in [-0.05, 0) is 49.9 Å². The molecule has 30 heavy (non-hydrogen) atoms. The predicted molar refractivity (Wildman–Crippen MR) is 122 cm³/mol. The van der Waals surface area contributed by atoms with Crippen molar-refractivity contribution in [2.45, 2.75) is 30.3 Å². The van der Waals surface area contributed by atoms with Crippen LogP contribution in [0.25, 0.3) is 11.6 Å². The van der Waals surface area contributed by atoms with Gasteiger partial charge in [0.2, 0.25) is 5.82 Å². The minimum atomic E-state index is 0. The van der Waals surface area contributed by atoms with Gasteiger partial charge in [-0.2, -0.15) is 0 Å². The molecule has 0 bridgehead atoms. The van der Waals surface area contributed by atoms with Crippen LogP contribution >= 0.6 is 35.8 Å². The number of aromatic nitrogens is 4. The molecule has 5 rings (SSSR count). The molecule has 2 aromatic heterocycles. The Balaban J connectivity index is 0.00000218. The van der Waals surface area contributed by atoms with E-state index in [1.165, 1.54) is 31.5 Å². The number of thioether (sulfide) groups is 1. The van der Waals surface area contributed by atoms with Crippen molar-refractivity contribution >= 4 is 35.8 Å². The topological polar surface area (TPSA) is 60.0 Å². The third kappa shape index (κ3) is 3.88. The number of aryl methyl sites for hydroxylation is 1. The first-order chi connectivity index (χ1) is 14.1. The van der Waals surface area contributed by atoms with E-state index in [1.807, 2.05) is 30.7 Å². The number of fused-ring (bicyclic) bond motifs is 1. The Labute approximate surface area is 191 Å². The van der Waals surface area contributed by atoms with Crippen molar-refractivity contribution in [3.05, 3.63) is 46.9 Å². The van der Waals surface area contributed by atoms with Crippen LogP contribution in [-0.4, -0.2) is 50.0 Å². The van der Waals surface area contributed by atoms with Crippen LogP contribution in [0.2, 0.25) is 5.02 Å². The molecule has 1 saturated carbocycles. The van der Waals surface area contributed by atoms with Crippen LogP contribution in [-0.2, 0) is 12.5 Å². The van der Waals surface area contributed by atoms with Gasteiger partial charge < -0.3 is 13.9 Å². The minimum Gasteiger partial charge on any atom is -0.440 e. The average molecular weight is 466 g/mol. The molecule has 6 nitrogen and oxygen atoms in total. The fourth-order valence-corrected chi connectivity index (χ4v) is 5.55. The van der Waals surface area contributed by atoms with Crippen LogP contribution in [0.4, 0.5) is 0 Å². The number of likely N-dealkylation sites (tertiary alicyclic amines) is 1. The first kappa shape index (κ1) is 21.7. The maximum absolute atomic E-state index is 6.06. The third-order valence-corrected chi connectivity index (χ3v) is 7.63. The molecule has 2 atom stereocenters. The zero-order valence-electron chi connectivity index (χ0n) is 17.0. The second-order valence-corrected chi connectivity index (χ2v) is 9.63. The Morgan fingerprint density at radius 3 is 2.80 bits per heavy atom. The number of halogens is 2. The van der Waals surface area contributed by atoms with Gasteiger partial charge in [-0.3, -0.25) is 0 Å². The van der Waals surface area contributed by atoms with Gasteiger partial charge in [0, 0.05) is 36.3 Å². The van der Waals surface area contributed by atoms with E-state index in [0.29, 0.717) is 11.2 Å². The van der Waals surface area contributed by atoms with Crippen molar-refractivity contribution in [2.75, 3.05) is 25.4 Å². The lowest BCUT2D eigenvalue weighted by Gasteiger charge is -2.21. The van der Waals surface area contributed by atoms with E-state index in [9.17, 15) is 0 Å². The van der Waals surface area contributed by atoms with Crippen LogP contribution in [0, 0.1) is 12.8 Å². The Kier molecular flexibility index (Phi) is 6.17. The highest BCUT2D eigenvalue weighted by molar-refractivity contribution is 7.99. The molecule has 2 aliphatic rings. The molecule has 160 valence electrons. The molecule has 1 saturated heterocycles. The summed E-state index contributed by atoms with van der Waals surface area (Å²) >= 11 is 7.81. The molecule has 0 N–H and O–H groups in total. The molecule has 9 heteroatoms. The minimum absolute atomic E-state index is 0. The zero-order chi connectivity index (χ0) is 20.0. The molecule has 0 radical (unpaired) electrons. The lowest BCUT2D eigenvalue weighted by molar-refractivity contribution is 0.299. The molecule has 1 aliphatic heterocycles. The maximum Gasteiger partial charge on any atom is 0.202 e. The van der Waals surface area contributed by atoms with Gasteiger partial charge in [0.25, 0.3) is 0 Å². The quantitative estimate of drug-likeness (QED) is 0.375. The van der Waals surface area contributed by atoms with Gasteiger partial charge in [0.15, 0.2) is 17.3 Å². The SMILES string of the molecule is Cc1ncoc1-c1nnc(SCCCN2C[C@H]3CC3(c3ccc(Cl)cc3)C2)n1C.Cl. The second kappa shape index (κ2) is 8.54. The van der Waals surface area contributed by atoms with Gasteiger partial charge in [-0.25, -0.2) is 4.98 Å². The van der Waals surface area contributed by atoms with E-state index >= 15 is 0 Å². The average Bonchev–Trinajstić information content (AvgIpc) is 3.02. The summed E-state index contributed by atoms with van der Waals surface area (Å²) in [7, 11) is 1.98. The second-order valence-electron chi connectivity index (χ2n) is 8.13. The number of hydrogen-bond donors (Lipinski definition) is 0. The Morgan fingerprint density at radius 1 is 1.27 bits per heavy atom. The monoisotopic (exact) mass is 465 g/mol. The number of oxazole rings is 1. The molecule has 1 aromatic carbocycles. The fraction of sp³-hybridized carbons (Fsp3) is 0.476. The number of nitrogens with zero attached hydrogens (tertiary/aromatic N) is 5. The number of benzene rings is 1. The lowest BCUT2D eigenvalue weighted by atomic mass is 9.95. The van der Waals surface area contributed by atoms with Gasteiger partial charge >= 0.3 is 0 Å². The van der Waals surface area contributed by atoms with Gasteiger partial charge in [-0.15, -0.1) is 22.6 Å². The summed E-state index contributed by atoms with van der Waals surface area (Å²) in [5.41, 5.74) is 2.67. The van der Waals surface area contributed by atoms with Crippen molar-refractivity contribution < 1.29 is 4.42 Å². The highest BCUT2D eigenvalue weighted by atomic mass is 35.5. The molecular formula is C21H25Cl2N5OS. The Bertz CT molecular complexity index is 1020. The number of piperidine rings is 1. The predicted octanol–water partition coefficient (Wildman–Crippen LogP) is 4.61. The summed E-state index contributed by atoms with van der Waals surface area (Å²) in [6.45, 7) is 5.43. The Morgan fingerprint density at radius 2 is 2.07 bits per heavy atom. The summed E-state index contributed by atoms with van der Waals surface area (Å²) in [5.74, 6) is 3.25. The maximum atomic E-state index is 6.06. The van der Waals surface area contributed by atoms with Crippen molar-refractivity contribution in [3.63, 3.8) is 0 Å². The van der Waals surface area contributed by atoms with E-state index in [1.54, 1.807) is 11.8 Å². The summed E-state index contributed by atoms with van der Waals surface area (Å²) in [5, 5.41) is 10.3. The first-order valence-electron chi connectivity index (χ1n) is 9.98. The summed E-state index contributed by atoms with van der Waals surface area (Å²) in [6, 6.07) is 8.47. The smallest absolute Gasteiger partial charge is 0.202 e. The lowest BCUT2D eigenvalue weighted by Crippen LogP contribution is -2.27. The molecule has 2 fully saturated rings. The third-order valence-electron chi connectivity index (χ3n) is 6.27. The standard InChI is InChI=1S/C21H24ClN5OS.ClH/c1-14-18(28-13-23-14)19-24-25-20(26(19)2)29-9-3-8-27-11-16-10-21(16,12-27)15-4-6-17(22)7-5-15;/h4-7,13,16H,3,8-12H2,1-2H3;1H/t16-,21?;/m1./s1. The summed E-state index contributed by atoms with van der Waals surface area (Å²) < 4.78 is 7.43. The van der Waals surface area contributed by atoms with Crippen molar-refractivity contribution in [2.24, 2.45) is 13.0 Å². The number of rotatable bonds is 7. The van der Waals surface area contributed by atoms with Crippen LogP contribution in [0.5, 0.6) is 0 Å². The molecule has 1 unspecified atom stereocenters. The van der Waals surface area contributed by atoms with Gasteiger partial charge in [0.1, 0.15) is 0 Å². The molecule has 3 heterocycles. The molecule has 1 aliphatic carbocycles. The van der Waals surface area contributed by atoms with Crippen molar-refractivity contribution in [1.82, 2.24) is 24.6 Å². The highest BCUT2D eigenvalue weighted by Gasteiger charge is 2.60. The van der Waals surface area contributed by atoms with Crippen molar-refractivity contribution in [1.29, 1.82) is 0 Å². The van der Waals surface area contributed by atoms with Crippen LogP contribution < -0.4 is 0 Å².